The van der Waals surface area contributed by atoms with Crippen LogP contribution in [0.3, 0.4) is 0 Å². The number of nitrogens with zero attached hydrogens (tertiary/aromatic N) is 4. The zero-order chi connectivity index (χ0) is 20.3. The van der Waals surface area contributed by atoms with Crippen molar-refractivity contribution in [1.82, 2.24) is 14.4 Å². The Kier molecular flexibility index (Phi) is 6.84. The van der Waals surface area contributed by atoms with E-state index >= 15 is 0 Å². The summed E-state index contributed by atoms with van der Waals surface area (Å²) >= 11 is 12.6. The van der Waals surface area contributed by atoms with Crippen molar-refractivity contribution in [3.63, 3.8) is 0 Å². The minimum absolute atomic E-state index is 0.569. The molecule has 0 fully saturated rings. The van der Waals surface area contributed by atoms with Crippen molar-refractivity contribution in [1.29, 1.82) is 0 Å². The van der Waals surface area contributed by atoms with Gasteiger partial charge in [0, 0.05) is 36.1 Å². The number of anilines is 1. The highest BCUT2D eigenvalue weighted by molar-refractivity contribution is 6.36. The fraction of sp³-hybridized carbons (Fsp3) is 0.455. The van der Waals surface area contributed by atoms with E-state index < -0.39 is 0 Å². The molecule has 6 heteroatoms. The predicted octanol–water partition coefficient (Wildman–Crippen LogP) is 6.53. The van der Waals surface area contributed by atoms with E-state index in [-0.39, 0.29) is 0 Å². The van der Waals surface area contributed by atoms with E-state index in [1.165, 1.54) is 12.2 Å². The van der Waals surface area contributed by atoms with Gasteiger partial charge in [0.25, 0.3) is 0 Å². The van der Waals surface area contributed by atoms with Gasteiger partial charge >= 0.3 is 0 Å². The van der Waals surface area contributed by atoms with Gasteiger partial charge in [0.2, 0.25) is 0 Å². The lowest BCUT2D eigenvalue weighted by atomic mass is 10.1. The van der Waals surface area contributed by atoms with Gasteiger partial charge in [-0.25, -0.2) is 4.98 Å². The van der Waals surface area contributed by atoms with E-state index in [4.69, 9.17) is 28.2 Å². The third-order valence-electron chi connectivity index (χ3n) is 4.77. The molecule has 28 heavy (non-hydrogen) atoms. The number of benzene rings is 1. The van der Waals surface area contributed by atoms with Crippen molar-refractivity contribution in [3.05, 3.63) is 46.3 Å². The van der Waals surface area contributed by atoms with Crippen LogP contribution in [0.5, 0.6) is 0 Å². The van der Waals surface area contributed by atoms with Gasteiger partial charge in [-0.3, -0.25) is 9.38 Å². The second-order valence-electron chi connectivity index (χ2n) is 7.52. The smallest absolute Gasteiger partial charge is 0.165 e. The first-order valence-electron chi connectivity index (χ1n) is 10.0. The van der Waals surface area contributed by atoms with Crippen LogP contribution in [-0.4, -0.2) is 27.5 Å². The second-order valence-corrected chi connectivity index (χ2v) is 8.37. The summed E-state index contributed by atoms with van der Waals surface area (Å²) in [5.41, 5.74) is 3.56. The largest absolute Gasteiger partial charge is 0.356 e. The number of hydrogen-bond acceptors (Lipinski definition) is 3. The summed E-state index contributed by atoms with van der Waals surface area (Å²) in [6.45, 7) is 10.9. The first kappa shape index (κ1) is 20.9. The Morgan fingerprint density at radius 1 is 1.18 bits per heavy atom. The molecular weight excluding hydrogens is 391 g/mol. The summed E-state index contributed by atoms with van der Waals surface area (Å²) in [6.07, 6.45) is 7.02. The Hall–Kier alpha value is -1.78. The molecule has 0 radical (unpaired) electrons. The van der Waals surface area contributed by atoms with E-state index in [1.807, 2.05) is 24.5 Å². The number of rotatable bonds is 8. The Balaban J connectivity index is 2.19. The summed E-state index contributed by atoms with van der Waals surface area (Å²) in [7, 11) is 0. The van der Waals surface area contributed by atoms with Gasteiger partial charge < -0.3 is 4.90 Å². The molecular formula is C22H28Cl2N4. The summed E-state index contributed by atoms with van der Waals surface area (Å²) in [4.78, 5) is 12.1. The van der Waals surface area contributed by atoms with E-state index in [0.717, 1.165) is 48.5 Å². The number of aromatic nitrogens is 3. The second kappa shape index (κ2) is 9.15. The molecule has 2 heterocycles. The molecule has 1 aromatic carbocycles. The molecule has 0 aliphatic carbocycles. The summed E-state index contributed by atoms with van der Waals surface area (Å²) in [5, 5.41) is 1.20. The van der Waals surface area contributed by atoms with Crippen molar-refractivity contribution < 1.29 is 0 Å². The first-order chi connectivity index (χ1) is 13.5. The Bertz CT molecular complexity index is 949. The Morgan fingerprint density at radius 3 is 2.61 bits per heavy atom. The lowest BCUT2D eigenvalue weighted by Crippen LogP contribution is -2.30. The molecule has 0 atom stereocenters. The van der Waals surface area contributed by atoms with Gasteiger partial charge in [-0.15, -0.1) is 0 Å². The topological polar surface area (TPSA) is 33.4 Å². The van der Waals surface area contributed by atoms with E-state index in [9.17, 15) is 0 Å². The van der Waals surface area contributed by atoms with Gasteiger partial charge in [0.05, 0.1) is 10.7 Å². The highest BCUT2D eigenvalue weighted by Crippen LogP contribution is 2.34. The maximum absolute atomic E-state index is 6.47. The number of hydrogen-bond donors (Lipinski definition) is 0. The third kappa shape index (κ3) is 4.28. The lowest BCUT2D eigenvalue weighted by Gasteiger charge is -2.27. The molecule has 0 bridgehead atoms. The van der Waals surface area contributed by atoms with E-state index in [2.05, 4.69) is 42.0 Å². The van der Waals surface area contributed by atoms with Crippen LogP contribution in [0.15, 0.2) is 30.6 Å². The Labute approximate surface area is 177 Å². The van der Waals surface area contributed by atoms with Crippen molar-refractivity contribution in [3.8, 4) is 11.3 Å². The molecule has 0 N–H and O–H groups in total. The lowest BCUT2D eigenvalue weighted by molar-refractivity contribution is 0.589. The molecule has 0 aliphatic rings. The fourth-order valence-corrected chi connectivity index (χ4v) is 4.03. The van der Waals surface area contributed by atoms with Gasteiger partial charge in [0.1, 0.15) is 11.5 Å². The normalized spacial score (nSPS) is 11.5. The zero-order valence-corrected chi connectivity index (χ0v) is 18.6. The summed E-state index contributed by atoms with van der Waals surface area (Å²) in [6, 6.07) is 5.50. The van der Waals surface area contributed by atoms with Crippen LogP contribution >= 0.6 is 23.2 Å². The maximum atomic E-state index is 6.47. The monoisotopic (exact) mass is 418 g/mol. The van der Waals surface area contributed by atoms with Gasteiger partial charge in [0.15, 0.2) is 5.65 Å². The molecule has 150 valence electrons. The minimum Gasteiger partial charge on any atom is -0.356 e. The fourth-order valence-electron chi connectivity index (χ4n) is 3.53. The van der Waals surface area contributed by atoms with E-state index in [0.29, 0.717) is 16.0 Å². The molecule has 0 unspecified atom stereocenters. The molecule has 4 nitrogen and oxygen atoms in total. The standard InChI is InChI=1S/C22H28Cl2N4/c1-5-7-11-27(14-15(3)4)22-19(6-2)26-21-20(25-10-12-28(21)22)17-9-8-16(23)13-18(17)24/h8-10,12-13,15H,5-7,11,14H2,1-4H3. The average molecular weight is 419 g/mol. The van der Waals surface area contributed by atoms with Crippen molar-refractivity contribution in [2.45, 2.75) is 47.0 Å². The van der Waals surface area contributed by atoms with Crippen LogP contribution in [-0.2, 0) is 6.42 Å². The number of aryl methyl sites for hydroxylation is 1. The molecule has 0 spiro atoms. The van der Waals surface area contributed by atoms with Crippen LogP contribution in [0.4, 0.5) is 5.82 Å². The predicted molar refractivity (Wildman–Crippen MR) is 120 cm³/mol. The van der Waals surface area contributed by atoms with Gasteiger partial charge in [-0.2, -0.15) is 0 Å². The quantitative estimate of drug-likeness (QED) is 0.416. The number of unbranched alkanes of at least 4 members (excludes halogenated alkanes) is 1. The van der Waals surface area contributed by atoms with Gasteiger partial charge in [-0.1, -0.05) is 57.3 Å². The van der Waals surface area contributed by atoms with Crippen LogP contribution in [0.2, 0.25) is 10.0 Å². The van der Waals surface area contributed by atoms with Crippen molar-refractivity contribution >= 4 is 34.7 Å². The zero-order valence-electron chi connectivity index (χ0n) is 17.0. The summed E-state index contributed by atoms with van der Waals surface area (Å²) < 4.78 is 2.17. The van der Waals surface area contributed by atoms with E-state index in [1.54, 1.807) is 6.07 Å². The Morgan fingerprint density at radius 2 is 1.96 bits per heavy atom. The average Bonchev–Trinajstić information content (AvgIpc) is 3.04. The molecule has 0 aliphatic heterocycles. The molecule has 3 aromatic rings. The molecule has 3 rings (SSSR count). The number of fused-ring (bicyclic) bond motifs is 1. The SMILES string of the molecule is CCCCN(CC(C)C)c1c(CC)nc2c(-c3ccc(Cl)cc3Cl)nccn12. The van der Waals surface area contributed by atoms with Crippen molar-refractivity contribution in [2.24, 2.45) is 5.92 Å². The third-order valence-corrected chi connectivity index (χ3v) is 5.32. The van der Waals surface area contributed by atoms with Gasteiger partial charge in [-0.05, 0) is 37.0 Å². The number of imidazole rings is 1. The molecule has 0 saturated heterocycles. The van der Waals surface area contributed by atoms with Crippen LogP contribution in [0.1, 0.15) is 46.2 Å². The maximum Gasteiger partial charge on any atom is 0.165 e. The molecule has 2 aromatic heterocycles. The van der Waals surface area contributed by atoms with Crippen LogP contribution in [0.25, 0.3) is 16.9 Å². The number of halogens is 2. The highest BCUT2D eigenvalue weighted by Gasteiger charge is 2.21. The first-order valence-corrected chi connectivity index (χ1v) is 10.8. The summed E-state index contributed by atoms with van der Waals surface area (Å²) in [5.74, 6) is 1.74. The van der Waals surface area contributed by atoms with Crippen molar-refractivity contribution in [2.75, 3.05) is 18.0 Å². The van der Waals surface area contributed by atoms with Crippen LogP contribution in [0, 0.1) is 5.92 Å². The minimum atomic E-state index is 0.569. The molecule has 0 saturated carbocycles. The molecule has 0 amide bonds. The highest BCUT2D eigenvalue weighted by atomic mass is 35.5. The van der Waals surface area contributed by atoms with Crippen LogP contribution < -0.4 is 4.90 Å².